The lowest BCUT2D eigenvalue weighted by Crippen LogP contribution is -2.63. The lowest BCUT2D eigenvalue weighted by Gasteiger charge is -2.60. The summed E-state index contributed by atoms with van der Waals surface area (Å²) in [6, 6.07) is 0. The van der Waals surface area contributed by atoms with Gasteiger partial charge in [0.2, 0.25) is 12.6 Å². The highest BCUT2D eigenvalue weighted by Gasteiger charge is 2.71. The molecule has 0 aromatic heterocycles. The van der Waals surface area contributed by atoms with Crippen molar-refractivity contribution in [1.82, 2.24) is 0 Å². The Morgan fingerprint density at radius 3 is 2.29 bits per heavy atom. The Morgan fingerprint density at radius 2 is 1.74 bits per heavy atom. The number of hydrogen-bond acceptors (Lipinski definition) is 8. The summed E-state index contributed by atoms with van der Waals surface area (Å²) in [6.45, 7) is 13.9. The fourth-order valence-corrected chi connectivity index (χ4v) is 6.08. The lowest BCUT2D eigenvalue weighted by molar-refractivity contribution is -0.253. The number of hydrogen-bond donors (Lipinski definition) is 1. The molecular formula is C26H36O8. The van der Waals surface area contributed by atoms with Gasteiger partial charge >= 0.3 is 17.9 Å². The summed E-state index contributed by atoms with van der Waals surface area (Å²) in [5.74, 6) is -1.83. The molecule has 1 saturated carbocycles. The van der Waals surface area contributed by atoms with E-state index in [9.17, 15) is 19.5 Å². The van der Waals surface area contributed by atoms with Crippen molar-refractivity contribution in [2.24, 2.45) is 22.7 Å². The smallest absolute Gasteiger partial charge is 0.305 e. The fourth-order valence-electron chi connectivity index (χ4n) is 6.08. The van der Waals surface area contributed by atoms with E-state index in [1.165, 1.54) is 20.8 Å². The molecule has 0 aromatic carbocycles. The summed E-state index contributed by atoms with van der Waals surface area (Å²) >= 11 is 0. The number of rotatable bonds is 6. The Labute approximate surface area is 201 Å². The normalized spacial score (nSPS) is 39.3. The number of carbonyl (C=O) groups excluding carboxylic acids is 3. The van der Waals surface area contributed by atoms with E-state index in [1.807, 2.05) is 6.92 Å². The van der Waals surface area contributed by atoms with Crippen LogP contribution in [-0.2, 0) is 33.3 Å². The van der Waals surface area contributed by atoms with Crippen LogP contribution in [0.2, 0.25) is 0 Å². The Hall–Kier alpha value is -2.45. The molecule has 1 spiro atoms. The van der Waals surface area contributed by atoms with Crippen molar-refractivity contribution in [1.29, 1.82) is 0 Å². The van der Waals surface area contributed by atoms with Gasteiger partial charge in [-0.1, -0.05) is 38.2 Å². The van der Waals surface area contributed by atoms with Gasteiger partial charge in [0.15, 0.2) is 0 Å². The van der Waals surface area contributed by atoms with Crippen LogP contribution in [0, 0.1) is 22.7 Å². The van der Waals surface area contributed by atoms with Gasteiger partial charge in [0.25, 0.3) is 0 Å². The molecule has 2 fully saturated rings. The molecule has 188 valence electrons. The largest absolute Gasteiger partial charge is 0.458 e. The standard InChI is InChI=1S/C26H36O8/c1-8-14(2)9-10-25(7)15(3)11-22(30)26-20(12-19(13-21(25)26)31-16(4)27)23(32-17(5)28)34-24(26)33-18(6)29/h8-9,12,15,19,21-24,30H,1,10-11,13H2,2-7H3/b14-9+/t15-,19-,21+,22+,23+,24+,25-,26?/m0/s1. The van der Waals surface area contributed by atoms with Crippen molar-refractivity contribution in [2.75, 3.05) is 0 Å². The molecule has 3 aliphatic rings. The van der Waals surface area contributed by atoms with Gasteiger partial charge in [-0.3, -0.25) is 19.1 Å². The summed E-state index contributed by atoms with van der Waals surface area (Å²) in [5.41, 5.74) is -0.0475. The zero-order valence-electron chi connectivity index (χ0n) is 20.8. The van der Waals surface area contributed by atoms with Crippen LogP contribution >= 0.6 is 0 Å². The van der Waals surface area contributed by atoms with Crippen molar-refractivity contribution in [3.8, 4) is 0 Å². The number of esters is 3. The molecule has 8 heteroatoms. The number of allylic oxidation sites excluding steroid dienone is 3. The molecule has 3 rings (SSSR count). The maximum Gasteiger partial charge on any atom is 0.305 e. The lowest BCUT2D eigenvalue weighted by atomic mass is 9.45. The van der Waals surface area contributed by atoms with E-state index in [0.717, 1.165) is 5.57 Å². The van der Waals surface area contributed by atoms with Gasteiger partial charge < -0.3 is 19.3 Å². The Bertz CT molecular complexity index is 920. The minimum Gasteiger partial charge on any atom is -0.458 e. The van der Waals surface area contributed by atoms with E-state index < -0.39 is 53.5 Å². The molecule has 1 heterocycles. The van der Waals surface area contributed by atoms with Crippen LogP contribution in [0.1, 0.15) is 60.8 Å². The Morgan fingerprint density at radius 1 is 1.12 bits per heavy atom. The third-order valence-electron chi connectivity index (χ3n) is 7.90. The molecule has 0 amide bonds. The molecule has 2 aliphatic carbocycles. The number of ether oxygens (including phenoxy) is 4. The molecule has 0 radical (unpaired) electrons. The summed E-state index contributed by atoms with van der Waals surface area (Å²) < 4.78 is 22.7. The number of aliphatic hydroxyl groups is 1. The first-order chi connectivity index (χ1) is 15.9. The van der Waals surface area contributed by atoms with E-state index in [4.69, 9.17) is 18.9 Å². The second-order valence-electron chi connectivity index (χ2n) is 10.0. The van der Waals surface area contributed by atoms with Gasteiger partial charge in [0, 0.05) is 26.3 Å². The van der Waals surface area contributed by atoms with Crippen LogP contribution in [0.4, 0.5) is 0 Å². The second-order valence-corrected chi connectivity index (χ2v) is 10.0. The SMILES string of the molecule is C=C/C(C)=C/C[C@@]1(C)[C@@H](C)C[C@@H](O)C23C(=C[C@H](OC(C)=O)C[C@@H]21)[C@H](OC(C)=O)O[C@H]3OC(C)=O. The molecule has 0 aromatic rings. The van der Waals surface area contributed by atoms with E-state index in [0.29, 0.717) is 24.8 Å². The maximum absolute atomic E-state index is 12.1. The van der Waals surface area contributed by atoms with Crippen LogP contribution in [0.3, 0.4) is 0 Å². The maximum atomic E-state index is 12.1. The zero-order valence-corrected chi connectivity index (χ0v) is 20.8. The number of carbonyl (C=O) groups is 3. The second kappa shape index (κ2) is 9.66. The monoisotopic (exact) mass is 476 g/mol. The van der Waals surface area contributed by atoms with Gasteiger partial charge in [0.1, 0.15) is 6.10 Å². The van der Waals surface area contributed by atoms with Gasteiger partial charge in [-0.25, -0.2) is 0 Å². The summed E-state index contributed by atoms with van der Waals surface area (Å²) in [7, 11) is 0. The highest BCUT2D eigenvalue weighted by atomic mass is 16.8. The van der Waals surface area contributed by atoms with Crippen molar-refractivity contribution < 1.29 is 38.4 Å². The summed E-state index contributed by atoms with van der Waals surface area (Å²) in [4.78, 5) is 35.8. The molecule has 1 aliphatic heterocycles. The van der Waals surface area contributed by atoms with Crippen molar-refractivity contribution in [3.05, 3.63) is 36.0 Å². The highest BCUT2D eigenvalue weighted by molar-refractivity contribution is 5.68. The Kier molecular flexibility index (Phi) is 7.43. The van der Waals surface area contributed by atoms with Crippen molar-refractivity contribution in [2.45, 2.75) is 85.6 Å². The van der Waals surface area contributed by atoms with E-state index in [1.54, 1.807) is 12.2 Å². The average Bonchev–Trinajstić information content (AvgIpc) is 3.02. The van der Waals surface area contributed by atoms with Gasteiger partial charge in [0.05, 0.1) is 11.5 Å². The molecule has 8 atom stereocenters. The molecule has 1 N–H and O–H groups in total. The van der Waals surface area contributed by atoms with Crippen LogP contribution in [0.5, 0.6) is 0 Å². The minimum atomic E-state index is -1.17. The molecule has 0 bridgehead atoms. The fraction of sp³-hybridized carbons (Fsp3) is 0.654. The zero-order chi connectivity index (χ0) is 25.4. The third-order valence-corrected chi connectivity index (χ3v) is 7.90. The van der Waals surface area contributed by atoms with E-state index in [2.05, 4.69) is 26.5 Å². The van der Waals surface area contributed by atoms with E-state index in [-0.39, 0.29) is 11.8 Å². The Balaban J connectivity index is 2.23. The van der Waals surface area contributed by atoms with Gasteiger partial charge in [-0.2, -0.15) is 0 Å². The van der Waals surface area contributed by atoms with Crippen molar-refractivity contribution in [3.63, 3.8) is 0 Å². The topological polar surface area (TPSA) is 108 Å². The molecule has 34 heavy (non-hydrogen) atoms. The average molecular weight is 477 g/mol. The molecule has 8 nitrogen and oxygen atoms in total. The molecule has 1 unspecified atom stereocenters. The number of aliphatic hydroxyl groups excluding tert-OH is 1. The van der Waals surface area contributed by atoms with Crippen molar-refractivity contribution >= 4 is 17.9 Å². The molecular weight excluding hydrogens is 440 g/mol. The predicted molar refractivity (Wildman–Crippen MR) is 123 cm³/mol. The van der Waals surface area contributed by atoms with Crippen LogP contribution in [0.25, 0.3) is 0 Å². The van der Waals surface area contributed by atoms with Crippen LogP contribution in [-0.4, -0.2) is 47.8 Å². The quantitative estimate of drug-likeness (QED) is 0.268. The van der Waals surface area contributed by atoms with Crippen LogP contribution < -0.4 is 0 Å². The van der Waals surface area contributed by atoms with Gasteiger partial charge in [-0.05, 0) is 49.5 Å². The summed E-state index contributed by atoms with van der Waals surface area (Å²) in [6.07, 6.45) is 3.21. The van der Waals surface area contributed by atoms with Crippen LogP contribution in [0.15, 0.2) is 36.0 Å². The highest BCUT2D eigenvalue weighted by Crippen LogP contribution is 2.67. The van der Waals surface area contributed by atoms with E-state index >= 15 is 0 Å². The minimum absolute atomic E-state index is 0.0788. The van der Waals surface area contributed by atoms with Gasteiger partial charge in [-0.15, -0.1) is 0 Å². The first-order valence-electron chi connectivity index (χ1n) is 11.7. The first-order valence-corrected chi connectivity index (χ1v) is 11.7. The summed E-state index contributed by atoms with van der Waals surface area (Å²) in [5, 5.41) is 11.6. The third kappa shape index (κ3) is 4.45. The first kappa shape index (κ1) is 26.2. The molecule has 1 saturated heterocycles. The predicted octanol–water partition coefficient (Wildman–Crippen LogP) is 3.59.